The predicted molar refractivity (Wildman–Crippen MR) is 75.1 cm³/mol. The van der Waals surface area contributed by atoms with Crippen LogP contribution in [0.15, 0.2) is 36.8 Å². The molecule has 2 aromatic heterocycles. The number of aromatic nitrogens is 4. The van der Waals surface area contributed by atoms with Crippen LogP contribution in [0.5, 0.6) is 0 Å². The van der Waals surface area contributed by atoms with Crippen LogP contribution < -0.4 is 5.32 Å². The molecule has 3 aromatic rings. The van der Waals surface area contributed by atoms with Gasteiger partial charge in [0.2, 0.25) is 0 Å². The summed E-state index contributed by atoms with van der Waals surface area (Å²) in [7, 11) is 1.86. The summed E-state index contributed by atoms with van der Waals surface area (Å²) in [6.45, 7) is 0.587. The fourth-order valence-corrected chi connectivity index (χ4v) is 2.15. The van der Waals surface area contributed by atoms with Crippen LogP contribution in [-0.2, 0) is 13.6 Å². The molecule has 0 saturated carbocycles. The monoisotopic (exact) mass is 273 g/mol. The van der Waals surface area contributed by atoms with Crippen LogP contribution in [0, 0.1) is 0 Å². The lowest BCUT2D eigenvalue weighted by molar-refractivity contribution is 0.712. The van der Waals surface area contributed by atoms with Gasteiger partial charge in [0.05, 0.1) is 22.8 Å². The molecule has 0 radical (unpaired) electrons. The highest BCUT2D eigenvalue weighted by atomic mass is 35.5. The molecule has 1 aromatic carbocycles. The third kappa shape index (κ3) is 2.24. The van der Waals surface area contributed by atoms with Crippen LogP contribution >= 0.6 is 11.6 Å². The van der Waals surface area contributed by atoms with Gasteiger partial charge in [-0.25, -0.2) is 4.98 Å². The summed E-state index contributed by atoms with van der Waals surface area (Å²) in [5.41, 5.74) is 1.79. The van der Waals surface area contributed by atoms with Gasteiger partial charge in [-0.05, 0) is 24.3 Å². The average Bonchev–Trinajstić information content (AvgIpc) is 2.84. The maximum absolute atomic E-state index is 6.16. The van der Waals surface area contributed by atoms with Crippen molar-refractivity contribution in [2.24, 2.45) is 7.05 Å². The van der Waals surface area contributed by atoms with Gasteiger partial charge in [0, 0.05) is 18.6 Å². The molecule has 0 fully saturated rings. The zero-order valence-corrected chi connectivity index (χ0v) is 11.1. The van der Waals surface area contributed by atoms with Crippen LogP contribution in [0.3, 0.4) is 0 Å². The first-order valence-corrected chi connectivity index (χ1v) is 6.23. The second-order valence-corrected chi connectivity index (χ2v) is 4.56. The van der Waals surface area contributed by atoms with Crippen LogP contribution in [0.1, 0.15) is 5.82 Å². The van der Waals surface area contributed by atoms with Crippen LogP contribution in [0.4, 0.5) is 5.69 Å². The van der Waals surface area contributed by atoms with E-state index in [1.807, 2.05) is 31.3 Å². The minimum atomic E-state index is 0.587. The van der Waals surface area contributed by atoms with Gasteiger partial charge in [0.15, 0.2) is 0 Å². The Labute approximate surface area is 115 Å². The zero-order valence-electron chi connectivity index (χ0n) is 10.3. The minimum absolute atomic E-state index is 0.587. The van der Waals surface area contributed by atoms with Crippen molar-refractivity contribution >= 4 is 28.2 Å². The average molecular weight is 274 g/mol. The highest BCUT2D eigenvalue weighted by Crippen LogP contribution is 2.28. The molecular weight excluding hydrogens is 262 g/mol. The van der Waals surface area contributed by atoms with Crippen molar-refractivity contribution in [3.63, 3.8) is 0 Å². The standard InChI is InChI=1S/C13H12ClN5/c1-19-12(17-8-18-19)7-16-11-5-4-10(14)9-3-2-6-15-13(9)11/h2-6,8,16H,7H2,1H3. The lowest BCUT2D eigenvalue weighted by Gasteiger charge is -2.09. The molecule has 0 aliphatic carbocycles. The number of nitrogens with zero attached hydrogens (tertiary/aromatic N) is 4. The summed E-state index contributed by atoms with van der Waals surface area (Å²) in [4.78, 5) is 8.55. The van der Waals surface area contributed by atoms with E-state index in [1.165, 1.54) is 6.33 Å². The van der Waals surface area contributed by atoms with Crippen molar-refractivity contribution in [3.8, 4) is 0 Å². The number of benzene rings is 1. The molecule has 1 N–H and O–H groups in total. The smallest absolute Gasteiger partial charge is 0.145 e. The van der Waals surface area contributed by atoms with E-state index in [2.05, 4.69) is 20.4 Å². The first-order chi connectivity index (χ1) is 9.25. The Morgan fingerprint density at radius 2 is 2.16 bits per heavy atom. The molecule has 0 saturated heterocycles. The predicted octanol–water partition coefficient (Wildman–Crippen LogP) is 2.63. The number of anilines is 1. The van der Waals surface area contributed by atoms with Crippen molar-refractivity contribution in [2.45, 2.75) is 6.54 Å². The summed E-state index contributed by atoms with van der Waals surface area (Å²) in [6.07, 6.45) is 3.29. The van der Waals surface area contributed by atoms with E-state index in [0.717, 1.165) is 22.4 Å². The Balaban J connectivity index is 1.93. The maximum atomic E-state index is 6.16. The Morgan fingerprint density at radius 3 is 2.95 bits per heavy atom. The highest BCUT2D eigenvalue weighted by molar-refractivity contribution is 6.35. The van der Waals surface area contributed by atoms with Crippen molar-refractivity contribution in [1.82, 2.24) is 19.7 Å². The van der Waals surface area contributed by atoms with Gasteiger partial charge in [-0.1, -0.05) is 11.6 Å². The van der Waals surface area contributed by atoms with Crippen LogP contribution in [0.25, 0.3) is 10.9 Å². The van der Waals surface area contributed by atoms with Gasteiger partial charge in [0.25, 0.3) is 0 Å². The van der Waals surface area contributed by atoms with E-state index >= 15 is 0 Å². The van der Waals surface area contributed by atoms with Crippen molar-refractivity contribution in [1.29, 1.82) is 0 Å². The second-order valence-electron chi connectivity index (χ2n) is 4.15. The summed E-state index contributed by atoms with van der Waals surface area (Å²) >= 11 is 6.16. The fourth-order valence-electron chi connectivity index (χ4n) is 1.93. The van der Waals surface area contributed by atoms with E-state index < -0.39 is 0 Å². The molecule has 0 unspecified atom stereocenters. The first kappa shape index (κ1) is 11.9. The second kappa shape index (κ2) is 4.85. The highest BCUT2D eigenvalue weighted by Gasteiger charge is 2.06. The van der Waals surface area contributed by atoms with Gasteiger partial charge in [-0.3, -0.25) is 9.67 Å². The number of fused-ring (bicyclic) bond motifs is 1. The SMILES string of the molecule is Cn1ncnc1CNc1ccc(Cl)c2cccnc12. The molecule has 0 bridgehead atoms. The molecule has 96 valence electrons. The Bertz CT molecular complexity index is 722. The van der Waals surface area contributed by atoms with Gasteiger partial charge in [0.1, 0.15) is 12.2 Å². The van der Waals surface area contributed by atoms with E-state index in [-0.39, 0.29) is 0 Å². The largest absolute Gasteiger partial charge is 0.376 e. The van der Waals surface area contributed by atoms with Crippen molar-refractivity contribution in [3.05, 3.63) is 47.6 Å². The molecule has 0 amide bonds. The molecule has 0 spiro atoms. The first-order valence-electron chi connectivity index (χ1n) is 5.85. The number of nitrogens with one attached hydrogen (secondary N) is 1. The van der Waals surface area contributed by atoms with Gasteiger partial charge < -0.3 is 5.32 Å². The van der Waals surface area contributed by atoms with E-state index in [9.17, 15) is 0 Å². The molecule has 6 heteroatoms. The molecule has 0 atom stereocenters. The lowest BCUT2D eigenvalue weighted by Crippen LogP contribution is -2.07. The normalized spacial score (nSPS) is 10.8. The summed E-state index contributed by atoms with van der Waals surface area (Å²) in [5.74, 6) is 0.860. The number of hydrogen-bond donors (Lipinski definition) is 1. The number of rotatable bonds is 3. The van der Waals surface area contributed by atoms with Crippen LogP contribution in [-0.4, -0.2) is 19.7 Å². The third-order valence-corrected chi connectivity index (χ3v) is 3.29. The molecule has 0 aliphatic rings. The number of pyridine rings is 1. The molecular formula is C13H12ClN5. The molecule has 2 heterocycles. The zero-order chi connectivity index (χ0) is 13.2. The summed E-state index contributed by atoms with van der Waals surface area (Å²) in [5, 5.41) is 8.99. The van der Waals surface area contributed by atoms with Crippen molar-refractivity contribution < 1.29 is 0 Å². The maximum Gasteiger partial charge on any atom is 0.145 e. The quantitative estimate of drug-likeness (QED) is 0.797. The van der Waals surface area contributed by atoms with E-state index in [0.29, 0.717) is 11.6 Å². The third-order valence-electron chi connectivity index (χ3n) is 2.96. The number of hydrogen-bond acceptors (Lipinski definition) is 4. The van der Waals surface area contributed by atoms with Gasteiger partial charge in [-0.15, -0.1) is 0 Å². The van der Waals surface area contributed by atoms with Gasteiger partial charge >= 0.3 is 0 Å². The van der Waals surface area contributed by atoms with Gasteiger partial charge in [-0.2, -0.15) is 5.10 Å². The van der Waals surface area contributed by atoms with Crippen molar-refractivity contribution in [2.75, 3.05) is 5.32 Å². The summed E-state index contributed by atoms with van der Waals surface area (Å²) < 4.78 is 1.73. The topological polar surface area (TPSA) is 55.6 Å². The molecule has 19 heavy (non-hydrogen) atoms. The fraction of sp³-hybridized carbons (Fsp3) is 0.154. The summed E-state index contributed by atoms with van der Waals surface area (Å²) in [6, 6.07) is 7.62. The number of aryl methyl sites for hydroxylation is 1. The lowest BCUT2D eigenvalue weighted by atomic mass is 10.2. The van der Waals surface area contributed by atoms with E-state index in [4.69, 9.17) is 11.6 Å². The Morgan fingerprint density at radius 1 is 1.26 bits per heavy atom. The van der Waals surface area contributed by atoms with Crippen LogP contribution in [0.2, 0.25) is 5.02 Å². The Hall–Kier alpha value is -2.14. The molecule has 0 aliphatic heterocycles. The molecule has 5 nitrogen and oxygen atoms in total. The van der Waals surface area contributed by atoms with E-state index in [1.54, 1.807) is 10.9 Å². The Kier molecular flexibility index (Phi) is 3.05. The minimum Gasteiger partial charge on any atom is -0.376 e. The molecule has 3 rings (SSSR count). The number of halogens is 1.